The molecular weight excluding hydrogens is 471 g/mol. The van der Waals surface area contributed by atoms with Crippen LogP contribution in [0.2, 0.25) is 5.82 Å². The molecule has 2 bridgehead atoms. The summed E-state index contributed by atoms with van der Waals surface area (Å²) in [5.74, 6) is 1.08. The molecule has 3 aromatic carbocycles. The minimum absolute atomic E-state index is 0. The highest BCUT2D eigenvalue weighted by atomic mass is 35.5. The van der Waals surface area contributed by atoms with Gasteiger partial charge in [-0.05, 0) is 66.3 Å². The van der Waals surface area contributed by atoms with Crippen LogP contribution in [-0.4, -0.2) is 37.3 Å². The van der Waals surface area contributed by atoms with Crippen molar-refractivity contribution < 1.29 is 26.5 Å². The van der Waals surface area contributed by atoms with E-state index in [-0.39, 0.29) is 43.0 Å². The van der Waals surface area contributed by atoms with Gasteiger partial charge in [0.1, 0.15) is 0 Å². The van der Waals surface area contributed by atoms with Crippen LogP contribution in [0.4, 0.5) is 0 Å². The average molecular weight is 504 g/mol. The summed E-state index contributed by atoms with van der Waals surface area (Å²) in [5.41, 5.74) is 8.34. The van der Waals surface area contributed by atoms with Crippen molar-refractivity contribution in [1.82, 2.24) is 5.32 Å². The molecular formula is C29H33BClN2O3-. The Kier molecular flexibility index (Phi) is 7.15. The number of rotatable bonds is 8. The fourth-order valence-corrected chi connectivity index (χ4v) is 6.37. The molecule has 3 unspecified atom stereocenters. The quantitative estimate of drug-likeness (QED) is 0.452. The van der Waals surface area contributed by atoms with Crippen molar-refractivity contribution in [3.8, 4) is 0 Å². The number of carbonyl (C=O) groups is 1. The molecule has 1 aliphatic heterocycles. The van der Waals surface area contributed by atoms with E-state index in [1.54, 1.807) is 0 Å². The van der Waals surface area contributed by atoms with Gasteiger partial charge in [-0.1, -0.05) is 72.8 Å². The molecule has 1 heterocycles. The maximum absolute atomic E-state index is 12.9. The van der Waals surface area contributed by atoms with Crippen LogP contribution in [0.25, 0.3) is 10.8 Å². The maximum atomic E-state index is 12.9. The molecule has 7 heteroatoms. The summed E-state index contributed by atoms with van der Waals surface area (Å²) in [7, 11) is -0.326. The number of carbonyl (C=O) groups excluding carboxylic acids is 1. The van der Waals surface area contributed by atoms with Gasteiger partial charge in [0, 0.05) is 12.4 Å². The van der Waals surface area contributed by atoms with Crippen molar-refractivity contribution in [3.63, 3.8) is 0 Å². The zero-order valence-corrected chi connectivity index (χ0v) is 21.4. The highest BCUT2D eigenvalue weighted by Crippen LogP contribution is 2.61. The van der Waals surface area contributed by atoms with Gasteiger partial charge >= 0.3 is 7.12 Å². The van der Waals surface area contributed by atoms with Crippen LogP contribution in [0.3, 0.4) is 0 Å². The summed E-state index contributed by atoms with van der Waals surface area (Å²) < 4.78 is 13.2. The third kappa shape index (κ3) is 4.68. The van der Waals surface area contributed by atoms with Gasteiger partial charge in [-0.2, -0.15) is 0 Å². The molecule has 0 radical (unpaired) electrons. The summed E-state index contributed by atoms with van der Waals surface area (Å²) in [6.45, 7) is 2.69. The molecule has 1 amide bonds. The van der Waals surface area contributed by atoms with Gasteiger partial charge in [-0.25, -0.2) is 0 Å². The van der Waals surface area contributed by atoms with Gasteiger partial charge in [0.25, 0.3) is 0 Å². The van der Waals surface area contributed by atoms with Crippen LogP contribution in [-0.2, 0) is 26.9 Å². The van der Waals surface area contributed by atoms with Gasteiger partial charge in [0.2, 0.25) is 5.91 Å². The molecule has 188 valence electrons. The lowest BCUT2D eigenvalue weighted by Crippen LogP contribution is -3.00. The van der Waals surface area contributed by atoms with Crippen LogP contribution in [0.5, 0.6) is 0 Å². The highest BCUT2D eigenvalue weighted by Gasteiger charge is 2.67. The van der Waals surface area contributed by atoms with E-state index in [4.69, 9.17) is 15.0 Å². The Morgan fingerprint density at radius 3 is 2.50 bits per heavy atom. The van der Waals surface area contributed by atoms with E-state index in [9.17, 15) is 4.79 Å². The summed E-state index contributed by atoms with van der Waals surface area (Å²) in [6, 6.07) is 24.3. The van der Waals surface area contributed by atoms with Gasteiger partial charge in [-0.15, -0.1) is 0 Å². The third-order valence-corrected chi connectivity index (χ3v) is 8.50. The van der Waals surface area contributed by atoms with Crippen molar-refractivity contribution in [1.29, 1.82) is 0 Å². The van der Waals surface area contributed by atoms with Crippen molar-refractivity contribution in [2.75, 3.05) is 6.54 Å². The minimum Gasteiger partial charge on any atom is -1.00 e. The Morgan fingerprint density at radius 2 is 1.75 bits per heavy atom. The summed E-state index contributed by atoms with van der Waals surface area (Å²) >= 11 is 0. The number of halogens is 1. The second-order valence-corrected chi connectivity index (χ2v) is 10.8. The van der Waals surface area contributed by atoms with E-state index in [1.807, 2.05) is 30.3 Å². The molecule has 5 nitrogen and oxygen atoms in total. The lowest BCUT2D eigenvalue weighted by Gasteiger charge is -2.32. The topological polar surface area (TPSA) is 73.6 Å². The largest absolute Gasteiger partial charge is 1.00 e. The molecule has 4 aliphatic rings. The predicted molar refractivity (Wildman–Crippen MR) is 139 cm³/mol. The molecule has 0 spiro atoms. The smallest absolute Gasteiger partial charge is 0.463 e. The number of amides is 1. The lowest BCUT2D eigenvalue weighted by atomic mass is 9.67. The Hall–Kier alpha value is -2.38. The second-order valence-electron chi connectivity index (χ2n) is 10.8. The Labute approximate surface area is 219 Å². The molecule has 4 fully saturated rings. The average Bonchev–Trinajstić information content (AvgIpc) is 3.40. The first-order valence-corrected chi connectivity index (χ1v) is 12.9. The van der Waals surface area contributed by atoms with E-state index >= 15 is 0 Å². The minimum atomic E-state index is -0.589. The van der Waals surface area contributed by atoms with Crippen molar-refractivity contribution in [2.24, 2.45) is 17.6 Å². The third-order valence-electron chi connectivity index (χ3n) is 8.50. The number of nitrogens with two attached hydrogens (primary N) is 1. The standard InChI is InChI=1S/C29H33BN2O3.ClH/c1-29-24-16-23(17-24)27(29)34-30(35-29)25(14-20-11-12-21-9-5-6-10-22(21)13-20)18-32-28(33)26(31)15-19-7-3-2-4-8-19;/h2-13,23-27H,14-18,31H2,1H3,(H,32,33);1H/p-1/t23?,24?,25?,26-,27?,29?;/m0./s1. The molecule has 36 heavy (non-hydrogen) atoms. The van der Waals surface area contributed by atoms with Crippen molar-refractivity contribution in [2.45, 2.75) is 56.2 Å². The molecule has 3 aliphatic carbocycles. The normalized spacial score (nSPS) is 27.6. The zero-order chi connectivity index (χ0) is 24.0. The molecule has 4 atom stereocenters. The summed E-state index contributed by atoms with van der Waals surface area (Å²) in [6.07, 6.45) is 3.89. The van der Waals surface area contributed by atoms with Crippen LogP contribution in [0, 0.1) is 11.8 Å². The fourth-order valence-electron chi connectivity index (χ4n) is 6.37. The highest BCUT2D eigenvalue weighted by molar-refractivity contribution is 6.47. The molecule has 3 N–H and O–H groups in total. The van der Waals surface area contributed by atoms with Crippen LogP contribution < -0.4 is 23.5 Å². The van der Waals surface area contributed by atoms with Crippen LogP contribution >= 0.6 is 0 Å². The number of nitrogens with one attached hydrogen (secondary N) is 1. The zero-order valence-electron chi connectivity index (χ0n) is 20.6. The van der Waals surface area contributed by atoms with E-state index in [2.05, 4.69) is 54.7 Å². The SMILES string of the molecule is CC12OB(C(CNC(=O)[C@@H](N)Cc3ccccc3)Cc3ccc4ccccc4c3)OC1C1CC2C1.[Cl-]. The number of fused-ring (bicyclic) bond motifs is 1. The van der Waals surface area contributed by atoms with E-state index in [0.717, 1.165) is 12.0 Å². The van der Waals surface area contributed by atoms with Gasteiger partial charge in [0.05, 0.1) is 17.7 Å². The first-order valence-electron chi connectivity index (χ1n) is 12.9. The maximum Gasteiger partial charge on any atom is 0.463 e. The summed E-state index contributed by atoms with van der Waals surface area (Å²) in [5, 5.41) is 5.56. The second kappa shape index (κ2) is 10.2. The molecule has 3 saturated carbocycles. The molecule has 7 rings (SSSR count). The van der Waals surface area contributed by atoms with Crippen LogP contribution in [0.1, 0.15) is 30.9 Å². The van der Waals surface area contributed by atoms with Gasteiger partial charge in [0.15, 0.2) is 0 Å². The first kappa shape index (κ1) is 25.3. The number of hydrogen-bond donors (Lipinski definition) is 2. The Balaban J connectivity index is 0.00000267. The van der Waals surface area contributed by atoms with Crippen LogP contribution in [0.15, 0.2) is 72.8 Å². The fraction of sp³-hybridized carbons (Fsp3) is 0.414. The molecule has 3 aromatic rings. The Bertz CT molecular complexity index is 1220. The number of hydrogen-bond acceptors (Lipinski definition) is 4. The van der Waals surface area contributed by atoms with Crippen molar-refractivity contribution >= 4 is 23.8 Å². The van der Waals surface area contributed by atoms with Gasteiger partial charge < -0.3 is 32.8 Å². The molecule has 0 aromatic heterocycles. The van der Waals surface area contributed by atoms with E-state index in [1.165, 1.54) is 29.2 Å². The Morgan fingerprint density at radius 1 is 1.03 bits per heavy atom. The van der Waals surface area contributed by atoms with E-state index < -0.39 is 6.04 Å². The monoisotopic (exact) mass is 503 g/mol. The summed E-state index contributed by atoms with van der Waals surface area (Å²) in [4.78, 5) is 12.9. The molecule has 1 saturated heterocycles. The van der Waals surface area contributed by atoms with Gasteiger partial charge in [-0.3, -0.25) is 4.79 Å². The predicted octanol–water partition coefficient (Wildman–Crippen LogP) is 1.14. The van der Waals surface area contributed by atoms with Crippen molar-refractivity contribution in [3.05, 3.63) is 83.9 Å². The van der Waals surface area contributed by atoms with E-state index in [0.29, 0.717) is 24.8 Å². The lowest BCUT2D eigenvalue weighted by molar-refractivity contribution is -0.122. The first-order chi connectivity index (χ1) is 17.0. The number of benzene rings is 3.